The Kier molecular flexibility index (Phi) is 22.6. The van der Waals surface area contributed by atoms with E-state index in [-0.39, 0.29) is 37.2 Å². The van der Waals surface area contributed by atoms with Crippen LogP contribution >= 0.6 is 0 Å². The molecule has 0 saturated heterocycles. The SMILES string of the molecule is CC1=[C-]CC=C1.CC1=[C-]CC=C1.C[Si](C)=[Ti+2].C[Si](C)=[Ti+2].[Cl-].[Cl-].[c-]1cccc2c1Cc1ccccc1-2.[c-]1cccc2c1Cc1ccccc1-2. The number of fused-ring (bicyclic) bond motifs is 6. The first-order valence-corrected chi connectivity index (χ1v) is 25.5. The van der Waals surface area contributed by atoms with Crippen LogP contribution in [0.4, 0.5) is 0 Å². The summed E-state index contributed by atoms with van der Waals surface area (Å²) in [5.41, 5.74) is 13.6. The minimum atomic E-state index is 0. The quantitative estimate of drug-likeness (QED) is 0.150. The molecule has 8 rings (SSSR count). The van der Waals surface area contributed by atoms with E-state index in [1.807, 2.05) is 12.1 Å². The number of hydrogen-bond acceptors (Lipinski definition) is 0. The molecule has 48 heavy (non-hydrogen) atoms. The van der Waals surface area contributed by atoms with Crippen LogP contribution in [0, 0.1) is 24.3 Å². The average molecular weight is 772 g/mol. The van der Waals surface area contributed by atoms with Gasteiger partial charge in [0.1, 0.15) is 0 Å². The summed E-state index contributed by atoms with van der Waals surface area (Å²) in [4.78, 5) is 0. The predicted molar refractivity (Wildman–Crippen MR) is 194 cm³/mol. The fraction of sp³-hybridized carbons (Fsp3) is 0.238. The summed E-state index contributed by atoms with van der Waals surface area (Å²) < 4.78 is 0. The third kappa shape index (κ3) is 15.9. The van der Waals surface area contributed by atoms with E-state index in [1.165, 1.54) is 55.7 Å². The first kappa shape index (κ1) is 44.3. The molecule has 4 aromatic rings. The van der Waals surface area contributed by atoms with Gasteiger partial charge in [-0.2, -0.15) is 71.8 Å². The molecule has 4 aliphatic rings. The van der Waals surface area contributed by atoms with Gasteiger partial charge in [-0.15, -0.1) is 24.0 Å². The van der Waals surface area contributed by atoms with E-state index in [0.717, 1.165) is 25.7 Å². The van der Waals surface area contributed by atoms with Crippen molar-refractivity contribution in [3.63, 3.8) is 0 Å². The maximum absolute atomic E-state index is 3.30. The van der Waals surface area contributed by atoms with Crippen molar-refractivity contribution in [1.29, 1.82) is 0 Å². The Morgan fingerprint density at radius 3 is 1.15 bits per heavy atom. The molecule has 0 amide bonds. The van der Waals surface area contributed by atoms with Crippen molar-refractivity contribution in [2.45, 2.75) is 65.7 Å². The zero-order chi connectivity index (χ0) is 33.3. The van der Waals surface area contributed by atoms with Gasteiger partial charge in [-0.3, -0.25) is 12.2 Å². The van der Waals surface area contributed by atoms with Crippen LogP contribution in [0.3, 0.4) is 0 Å². The number of hydrogen-bond donors (Lipinski definition) is 0. The van der Waals surface area contributed by atoms with Gasteiger partial charge in [0.25, 0.3) is 0 Å². The largest absolute Gasteiger partial charge is 1.00 e. The van der Waals surface area contributed by atoms with Crippen molar-refractivity contribution >= 4 is 12.4 Å². The Labute approximate surface area is 327 Å². The Hall–Kier alpha value is -1.72. The summed E-state index contributed by atoms with van der Waals surface area (Å²) in [6.07, 6.45) is 19.0. The molecule has 4 aromatic carbocycles. The third-order valence-corrected chi connectivity index (χ3v) is 6.97. The van der Waals surface area contributed by atoms with Crippen LogP contribution in [0.1, 0.15) is 48.9 Å². The van der Waals surface area contributed by atoms with Gasteiger partial charge >= 0.3 is 76.9 Å². The van der Waals surface area contributed by atoms with Gasteiger partial charge in [-0.25, -0.2) is 23.3 Å². The molecule has 6 heteroatoms. The van der Waals surface area contributed by atoms with Crippen molar-refractivity contribution in [1.82, 2.24) is 0 Å². The van der Waals surface area contributed by atoms with E-state index >= 15 is 0 Å². The van der Waals surface area contributed by atoms with Crippen LogP contribution in [0.25, 0.3) is 22.3 Å². The fourth-order valence-corrected chi connectivity index (χ4v) is 5.02. The summed E-state index contributed by atoms with van der Waals surface area (Å²) in [6, 6.07) is 36.2. The van der Waals surface area contributed by atoms with Crippen LogP contribution < -0.4 is 24.8 Å². The van der Waals surface area contributed by atoms with Crippen LogP contribution in [-0.4, -0.2) is 12.4 Å². The number of benzene rings is 4. The molecule has 0 spiro atoms. The molecule has 0 bridgehead atoms. The molecular weight excluding hydrogens is 727 g/mol. The van der Waals surface area contributed by atoms with E-state index in [1.54, 1.807) is 0 Å². The number of rotatable bonds is 0. The molecule has 244 valence electrons. The molecule has 0 saturated carbocycles. The summed E-state index contributed by atoms with van der Waals surface area (Å²) >= 11 is 4.54. The second-order valence-electron chi connectivity index (χ2n) is 11.7. The first-order chi connectivity index (χ1) is 22.2. The van der Waals surface area contributed by atoms with Crippen LogP contribution in [0.15, 0.2) is 120 Å². The standard InChI is InChI=1S/2C13H9.2C6H7.2C2H6Si.2ClH.2Ti/c2*1-3-7-12-10(5-1)9-11-6-2-4-8-13(11)12;2*1-6-4-2-3-5-6;2*1-3-2;;;;/h2*1-5,7-8H,9H2;2*2,4H,3H2,1H3;2*1-2H3;2*1H;;/q4*-1;;;;;2*+2/p-2. The minimum Gasteiger partial charge on any atom is -1.00 e. The Balaban J connectivity index is 0.000000307. The molecule has 0 unspecified atom stereocenters. The average Bonchev–Trinajstić information content (AvgIpc) is 3.84. The van der Waals surface area contributed by atoms with Gasteiger partial charge in [-0.1, -0.05) is 84.6 Å². The number of halogens is 2. The predicted octanol–water partition coefficient (Wildman–Crippen LogP) is 5.08. The molecule has 0 fully saturated rings. The monoisotopic (exact) mass is 770 g/mol. The van der Waals surface area contributed by atoms with Crippen molar-refractivity contribution in [2.24, 2.45) is 0 Å². The Morgan fingerprint density at radius 2 is 0.854 bits per heavy atom. The van der Waals surface area contributed by atoms with Gasteiger partial charge in [0.15, 0.2) is 0 Å². The van der Waals surface area contributed by atoms with E-state index in [9.17, 15) is 0 Å². The molecule has 0 radical (unpaired) electrons. The minimum absolute atomic E-state index is 0. The smallest absolute Gasteiger partial charge is 0.0253 e. The maximum Gasteiger partial charge on any atom is -0.0253 e. The fourth-order valence-electron chi connectivity index (χ4n) is 5.02. The molecule has 0 nitrogen and oxygen atoms in total. The summed E-state index contributed by atoms with van der Waals surface area (Å²) in [5.74, 6) is 0. The zero-order valence-corrected chi connectivity index (χ0v) is 35.6. The normalized spacial score (nSPS) is 12.5. The van der Waals surface area contributed by atoms with Gasteiger partial charge in [-0.05, 0) is 12.8 Å². The molecule has 0 aliphatic heterocycles. The molecule has 0 heterocycles. The Bertz CT molecular complexity index is 1520. The summed E-state index contributed by atoms with van der Waals surface area (Å²) in [7, 11) is 0. The van der Waals surface area contributed by atoms with E-state index in [2.05, 4.69) is 200 Å². The summed E-state index contributed by atoms with van der Waals surface area (Å²) in [5, 5.41) is 0. The second kappa shape index (κ2) is 24.4. The van der Waals surface area contributed by atoms with Crippen LogP contribution in [-0.2, 0) is 51.2 Å². The van der Waals surface area contributed by atoms with Crippen molar-refractivity contribution in [3.05, 3.63) is 167 Å². The van der Waals surface area contributed by atoms with E-state index < -0.39 is 0 Å². The van der Waals surface area contributed by atoms with Crippen molar-refractivity contribution in [3.8, 4) is 22.3 Å². The zero-order valence-electron chi connectivity index (χ0n) is 29.0. The first-order valence-electron chi connectivity index (χ1n) is 15.8. The second-order valence-corrected chi connectivity index (χ2v) is 25.1. The third-order valence-electron chi connectivity index (χ3n) is 6.97. The number of allylic oxidation sites excluding steroid dienone is 8. The summed E-state index contributed by atoms with van der Waals surface area (Å²) in [6.45, 7) is 13.2. The molecule has 0 atom stereocenters. The van der Waals surface area contributed by atoms with Gasteiger partial charge < -0.3 is 24.8 Å². The molecular formula is C42H44Cl2Si2Ti2-2. The van der Waals surface area contributed by atoms with Crippen molar-refractivity contribution in [2.75, 3.05) is 0 Å². The van der Waals surface area contributed by atoms with E-state index in [0.29, 0.717) is 0 Å². The molecule has 0 aromatic heterocycles. The topological polar surface area (TPSA) is 0 Å². The Morgan fingerprint density at radius 1 is 0.521 bits per heavy atom. The van der Waals surface area contributed by atoms with Gasteiger partial charge in [0.2, 0.25) is 0 Å². The molecule has 0 N–H and O–H groups in total. The van der Waals surface area contributed by atoms with Gasteiger partial charge in [0, 0.05) is 0 Å². The van der Waals surface area contributed by atoms with Crippen molar-refractivity contribution < 1.29 is 63.2 Å². The van der Waals surface area contributed by atoms with E-state index in [4.69, 9.17) is 0 Å². The van der Waals surface area contributed by atoms with Crippen LogP contribution in [0.5, 0.6) is 0 Å². The van der Waals surface area contributed by atoms with Crippen LogP contribution in [0.2, 0.25) is 26.2 Å². The maximum atomic E-state index is 3.30. The van der Waals surface area contributed by atoms with Gasteiger partial charge in [0.05, 0.1) is 0 Å². The molecule has 4 aliphatic carbocycles.